The number of rotatable bonds is 7. The average molecular weight is 314 g/mol. The molecule has 0 bridgehead atoms. The fraction of sp³-hybridized carbons (Fsp3) is 0.533. The van der Waals surface area contributed by atoms with Crippen molar-refractivity contribution in [1.29, 1.82) is 0 Å². The Labute approximate surface area is 130 Å². The minimum absolute atomic E-state index is 0.428. The molecule has 1 aromatic heterocycles. The summed E-state index contributed by atoms with van der Waals surface area (Å²) < 4.78 is 2.19. The molecule has 0 aliphatic carbocycles. The Balaban J connectivity index is 2.17. The molecule has 20 heavy (non-hydrogen) atoms. The molecule has 2 aromatic rings. The number of aryl methyl sites for hydroxylation is 1. The Bertz CT molecular complexity index is 561. The Morgan fingerprint density at radius 2 is 2.00 bits per heavy atom. The SMILES string of the molecule is CCN(CC)CCCn1c(CCl)nc2ccc(Cl)cc21. The summed E-state index contributed by atoms with van der Waals surface area (Å²) in [6.07, 6.45) is 1.09. The van der Waals surface area contributed by atoms with Crippen LogP contribution in [0.3, 0.4) is 0 Å². The Morgan fingerprint density at radius 3 is 2.65 bits per heavy atom. The van der Waals surface area contributed by atoms with E-state index >= 15 is 0 Å². The van der Waals surface area contributed by atoms with Gasteiger partial charge < -0.3 is 9.47 Å². The maximum atomic E-state index is 6.09. The van der Waals surface area contributed by atoms with Gasteiger partial charge in [-0.3, -0.25) is 0 Å². The number of alkyl halides is 1. The van der Waals surface area contributed by atoms with Crippen molar-refractivity contribution in [2.75, 3.05) is 19.6 Å². The molecule has 1 aromatic carbocycles. The number of imidazole rings is 1. The molecule has 0 spiro atoms. The monoisotopic (exact) mass is 313 g/mol. The lowest BCUT2D eigenvalue weighted by molar-refractivity contribution is 0.293. The van der Waals surface area contributed by atoms with Crippen LogP contribution >= 0.6 is 23.2 Å². The van der Waals surface area contributed by atoms with E-state index in [0.29, 0.717) is 5.88 Å². The fourth-order valence-electron chi connectivity index (χ4n) is 2.49. The number of hydrogen-bond acceptors (Lipinski definition) is 2. The van der Waals surface area contributed by atoms with Gasteiger partial charge >= 0.3 is 0 Å². The van der Waals surface area contributed by atoms with Gasteiger partial charge in [0.25, 0.3) is 0 Å². The second-order valence-corrected chi connectivity index (χ2v) is 5.53. The normalized spacial score (nSPS) is 11.7. The lowest BCUT2D eigenvalue weighted by Crippen LogP contribution is -2.25. The third-order valence-corrected chi connectivity index (χ3v) is 4.13. The smallest absolute Gasteiger partial charge is 0.124 e. The van der Waals surface area contributed by atoms with Crippen LogP contribution in [-0.4, -0.2) is 34.1 Å². The van der Waals surface area contributed by atoms with Crippen molar-refractivity contribution in [1.82, 2.24) is 14.5 Å². The van der Waals surface area contributed by atoms with Crippen LogP contribution in [0.5, 0.6) is 0 Å². The standard InChI is InChI=1S/C15H21Cl2N3/c1-3-19(4-2)8-5-9-20-14-10-12(17)6-7-13(14)18-15(20)11-16/h6-7,10H,3-5,8-9,11H2,1-2H3. The summed E-state index contributed by atoms with van der Waals surface area (Å²) >= 11 is 12.1. The quantitative estimate of drug-likeness (QED) is 0.716. The van der Waals surface area contributed by atoms with Gasteiger partial charge in [0.2, 0.25) is 0 Å². The Hall–Kier alpha value is -0.770. The third-order valence-electron chi connectivity index (χ3n) is 3.66. The maximum Gasteiger partial charge on any atom is 0.124 e. The zero-order chi connectivity index (χ0) is 14.5. The molecule has 0 aliphatic rings. The van der Waals surface area contributed by atoms with Gasteiger partial charge in [-0.2, -0.15) is 0 Å². The molecule has 1 heterocycles. The van der Waals surface area contributed by atoms with E-state index in [1.54, 1.807) is 0 Å². The summed E-state index contributed by atoms with van der Waals surface area (Å²) in [7, 11) is 0. The molecule has 110 valence electrons. The summed E-state index contributed by atoms with van der Waals surface area (Å²) in [6.45, 7) is 8.59. The predicted octanol–water partition coefficient (Wildman–Crippen LogP) is 4.16. The molecule has 0 saturated heterocycles. The van der Waals surface area contributed by atoms with Gasteiger partial charge in [-0.25, -0.2) is 4.98 Å². The molecule has 3 nitrogen and oxygen atoms in total. The number of benzene rings is 1. The second-order valence-electron chi connectivity index (χ2n) is 4.83. The van der Waals surface area contributed by atoms with E-state index in [1.165, 1.54) is 0 Å². The van der Waals surface area contributed by atoms with Crippen molar-refractivity contribution < 1.29 is 0 Å². The van der Waals surface area contributed by atoms with Crippen LogP contribution in [0.25, 0.3) is 11.0 Å². The van der Waals surface area contributed by atoms with Gasteiger partial charge in [0.05, 0.1) is 16.9 Å². The molecule has 0 radical (unpaired) electrons. The van der Waals surface area contributed by atoms with E-state index in [1.807, 2.05) is 18.2 Å². The molecule has 0 fully saturated rings. The second kappa shape index (κ2) is 7.30. The van der Waals surface area contributed by atoms with E-state index in [9.17, 15) is 0 Å². The Kier molecular flexibility index (Phi) is 5.70. The van der Waals surface area contributed by atoms with Crippen molar-refractivity contribution in [3.8, 4) is 0 Å². The first kappa shape index (κ1) is 15.6. The highest BCUT2D eigenvalue weighted by Gasteiger charge is 2.10. The van der Waals surface area contributed by atoms with Crippen molar-refractivity contribution in [3.63, 3.8) is 0 Å². The third kappa shape index (κ3) is 3.46. The first-order valence-electron chi connectivity index (χ1n) is 7.12. The Morgan fingerprint density at radius 1 is 1.25 bits per heavy atom. The van der Waals surface area contributed by atoms with Gasteiger partial charge in [0, 0.05) is 11.6 Å². The van der Waals surface area contributed by atoms with Crippen molar-refractivity contribution >= 4 is 34.2 Å². The topological polar surface area (TPSA) is 21.1 Å². The van der Waals surface area contributed by atoms with Gasteiger partial charge in [-0.15, -0.1) is 11.6 Å². The van der Waals surface area contributed by atoms with Crippen molar-refractivity contribution in [3.05, 3.63) is 29.0 Å². The molecule has 5 heteroatoms. The van der Waals surface area contributed by atoms with Crippen molar-refractivity contribution in [2.45, 2.75) is 32.7 Å². The van der Waals surface area contributed by atoms with Crippen LogP contribution < -0.4 is 0 Å². The van der Waals surface area contributed by atoms with Crippen LogP contribution in [-0.2, 0) is 12.4 Å². The number of hydrogen-bond donors (Lipinski definition) is 0. The van der Waals surface area contributed by atoms with E-state index in [4.69, 9.17) is 23.2 Å². The lowest BCUT2D eigenvalue weighted by atomic mass is 10.3. The number of nitrogens with zero attached hydrogens (tertiary/aromatic N) is 3. The molecule has 2 rings (SSSR count). The molecule has 0 atom stereocenters. The van der Waals surface area contributed by atoms with E-state index in [0.717, 1.165) is 54.5 Å². The summed E-state index contributed by atoms with van der Waals surface area (Å²) in [5.74, 6) is 1.35. The van der Waals surface area contributed by atoms with E-state index < -0.39 is 0 Å². The zero-order valence-corrected chi connectivity index (χ0v) is 13.6. The maximum absolute atomic E-state index is 6.09. The summed E-state index contributed by atoms with van der Waals surface area (Å²) in [6, 6.07) is 5.79. The van der Waals surface area contributed by atoms with Crippen LogP contribution in [0, 0.1) is 0 Å². The van der Waals surface area contributed by atoms with Gasteiger partial charge in [0.1, 0.15) is 5.82 Å². The highest BCUT2D eigenvalue weighted by molar-refractivity contribution is 6.31. The number of fused-ring (bicyclic) bond motifs is 1. The molecule has 0 unspecified atom stereocenters. The molecule has 0 saturated carbocycles. The van der Waals surface area contributed by atoms with Crippen LogP contribution in [0.15, 0.2) is 18.2 Å². The molecular weight excluding hydrogens is 293 g/mol. The molecule has 0 aliphatic heterocycles. The molecule has 0 amide bonds. The number of halogens is 2. The minimum atomic E-state index is 0.428. The fourth-order valence-corrected chi connectivity index (χ4v) is 2.86. The molecule has 0 N–H and O–H groups in total. The average Bonchev–Trinajstić information content (AvgIpc) is 2.81. The summed E-state index contributed by atoms with van der Waals surface area (Å²) in [5.41, 5.74) is 2.04. The van der Waals surface area contributed by atoms with E-state index in [2.05, 4.69) is 28.3 Å². The van der Waals surface area contributed by atoms with E-state index in [-0.39, 0.29) is 0 Å². The first-order valence-corrected chi connectivity index (χ1v) is 8.03. The lowest BCUT2D eigenvalue weighted by Gasteiger charge is -2.18. The largest absolute Gasteiger partial charge is 0.327 e. The first-order chi connectivity index (χ1) is 9.69. The van der Waals surface area contributed by atoms with Crippen LogP contribution in [0.2, 0.25) is 5.02 Å². The number of aromatic nitrogens is 2. The minimum Gasteiger partial charge on any atom is -0.327 e. The molecular formula is C15H21Cl2N3. The van der Waals surface area contributed by atoms with Gasteiger partial charge in [-0.1, -0.05) is 25.4 Å². The van der Waals surface area contributed by atoms with Gasteiger partial charge in [-0.05, 0) is 44.3 Å². The predicted molar refractivity (Wildman–Crippen MR) is 86.7 cm³/mol. The summed E-state index contributed by atoms with van der Waals surface area (Å²) in [5, 5.41) is 0.739. The van der Waals surface area contributed by atoms with Crippen molar-refractivity contribution in [2.24, 2.45) is 0 Å². The zero-order valence-electron chi connectivity index (χ0n) is 12.1. The van der Waals surface area contributed by atoms with Crippen LogP contribution in [0.1, 0.15) is 26.1 Å². The van der Waals surface area contributed by atoms with Crippen LogP contribution in [0.4, 0.5) is 0 Å². The van der Waals surface area contributed by atoms with Gasteiger partial charge in [0.15, 0.2) is 0 Å². The highest BCUT2D eigenvalue weighted by Crippen LogP contribution is 2.22. The summed E-state index contributed by atoms with van der Waals surface area (Å²) in [4.78, 5) is 6.99. The highest BCUT2D eigenvalue weighted by atomic mass is 35.5.